The van der Waals surface area contributed by atoms with Crippen LogP contribution in [0.4, 0.5) is 0 Å². The van der Waals surface area contributed by atoms with E-state index in [0.29, 0.717) is 12.0 Å². The number of carbonyl (C=O) groups excluding carboxylic acids is 3. The quantitative estimate of drug-likeness (QED) is 0.162. The number of rotatable bonds is 10. The number of aliphatic hydroxyl groups is 2. The smallest absolute Gasteiger partial charge is 0.548 e. The molecule has 2 aromatic carbocycles. The van der Waals surface area contributed by atoms with Crippen molar-refractivity contribution in [2.24, 2.45) is 0 Å². The predicted molar refractivity (Wildman–Crippen MR) is 97.2 cm³/mol. The van der Waals surface area contributed by atoms with Crippen molar-refractivity contribution in [1.82, 2.24) is 10.6 Å². The molecule has 0 fully saturated rings. The molecule has 0 radical (unpaired) electrons. The fourth-order valence-corrected chi connectivity index (χ4v) is 2.76. The molecular weight excluding hydrogens is 407 g/mol. The molecule has 2 rings (SSSR count). The first kappa shape index (κ1) is 25.4. The van der Waals surface area contributed by atoms with E-state index in [0.717, 1.165) is 0 Å². The summed E-state index contributed by atoms with van der Waals surface area (Å²) in [5.74, 6) is -2.26. The predicted octanol–water partition coefficient (Wildman–Crippen LogP) is -4.55. The number of benzene rings is 2. The molecule has 2 amide bonds. The molecular formula is C19H19N2NaO8. The first-order valence-corrected chi connectivity index (χ1v) is 8.40. The summed E-state index contributed by atoms with van der Waals surface area (Å²) in [5, 5.41) is 56.2. The summed E-state index contributed by atoms with van der Waals surface area (Å²) in [6, 6.07) is 5.99. The molecule has 0 spiro atoms. The zero-order chi connectivity index (χ0) is 21.6. The van der Waals surface area contributed by atoms with Crippen LogP contribution in [0.3, 0.4) is 0 Å². The molecule has 0 saturated heterocycles. The average molecular weight is 426 g/mol. The molecule has 0 aliphatic carbocycles. The van der Waals surface area contributed by atoms with E-state index in [-0.39, 0.29) is 70.7 Å². The molecule has 0 bridgehead atoms. The van der Waals surface area contributed by atoms with Crippen molar-refractivity contribution < 1.29 is 69.5 Å². The van der Waals surface area contributed by atoms with Crippen molar-refractivity contribution in [3.63, 3.8) is 0 Å². The molecule has 6 N–H and O–H groups in total. The van der Waals surface area contributed by atoms with Gasteiger partial charge in [0, 0.05) is 17.7 Å². The van der Waals surface area contributed by atoms with Gasteiger partial charge in [-0.2, -0.15) is 0 Å². The minimum atomic E-state index is -1.74. The maximum Gasteiger partial charge on any atom is 1.00 e. The SMILES string of the molecule is O=CNCC(O)c1ccc(O)c(-c2cc(C(O)C(NC=O)C(=O)[O-])ccc2O)c1.[Na+]. The topological polar surface area (TPSA) is 179 Å². The second-order valence-electron chi connectivity index (χ2n) is 6.12. The number of hydrogen-bond acceptors (Lipinski definition) is 8. The molecule has 30 heavy (non-hydrogen) atoms. The first-order chi connectivity index (χ1) is 13.8. The Morgan fingerprint density at radius 3 is 2.00 bits per heavy atom. The van der Waals surface area contributed by atoms with Crippen LogP contribution in [0.1, 0.15) is 23.3 Å². The Labute approximate surface area is 193 Å². The molecule has 0 aliphatic heterocycles. The Hall–Kier alpha value is -2.63. The number of aliphatic hydroxyl groups excluding tert-OH is 2. The zero-order valence-electron chi connectivity index (χ0n) is 16.0. The molecule has 3 atom stereocenters. The van der Waals surface area contributed by atoms with Gasteiger partial charge in [0.05, 0.1) is 18.1 Å². The van der Waals surface area contributed by atoms with E-state index in [9.17, 15) is 39.9 Å². The van der Waals surface area contributed by atoms with E-state index in [1.54, 1.807) is 0 Å². The van der Waals surface area contributed by atoms with Crippen molar-refractivity contribution in [3.8, 4) is 22.6 Å². The zero-order valence-corrected chi connectivity index (χ0v) is 18.0. The summed E-state index contributed by atoms with van der Waals surface area (Å²) in [6.07, 6.45) is -2.26. The van der Waals surface area contributed by atoms with Gasteiger partial charge in [-0.15, -0.1) is 0 Å². The van der Waals surface area contributed by atoms with Crippen LogP contribution in [0.2, 0.25) is 0 Å². The Balaban J connectivity index is 0.00000450. The standard InChI is InChI=1S/C19H20N2O8.Na/c22-8-20-7-16(26)10-1-3-14(24)12(5-10)13-6-11(2-4-15(13)25)18(27)17(19(28)29)21-9-23;/h1-6,8-9,16-18,24-27H,7H2,(H,20,22)(H,21,23)(H,28,29);/q;+1/p-1. The van der Waals surface area contributed by atoms with Crippen LogP contribution in [0, 0.1) is 0 Å². The number of nitrogens with one attached hydrogen (secondary N) is 2. The fourth-order valence-electron chi connectivity index (χ4n) is 2.76. The number of aromatic hydroxyl groups is 2. The normalized spacial score (nSPS) is 13.3. The summed E-state index contributed by atoms with van der Waals surface area (Å²) >= 11 is 0. The van der Waals surface area contributed by atoms with Gasteiger partial charge in [0.15, 0.2) is 0 Å². The van der Waals surface area contributed by atoms with Gasteiger partial charge in [-0.25, -0.2) is 0 Å². The largest absolute Gasteiger partial charge is 1.00 e. The van der Waals surface area contributed by atoms with Crippen molar-refractivity contribution in [2.45, 2.75) is 18.2 Å². The first-order valence-electron chi connectivity index (χ1n) is 8.40. The molecule has 0 heterocycles. The second kappa shape index (κ2) is 11.5. The van der Waals surface area contributed by atoms with E-state index in [1.807, 2.05) is 5.32 Å². The van der Waals surface area contributed by atoms with Gasteiger partial charge < -0.3 is 41.0 Å². The van der Waals surface area contributed by atoms with Gasteiger partial charge in [-0.1, -0.05) is 12.1 Å². The number of hydrogen-bond donors (Lipinski definition) is 6. The Kier molecular flexibility index (Phi) is 9.76. The fraction of sp³-hybridized carbons (Fsp3) is 0.211. The van der Waals surface area contributed by atoms with Gasteiger partial charge in [0.1, 0.15) is 17.6 Å². The maximum atomic E-state index is 11.1. The molecule has 0 saturated carbocycles. The minimum Gasteiger partial charge on any atom is -0.548 e. The summed E-state index contributed by atoms with van der Waals surface area (Å²) < 4.78 is 0. The minimum absolute atomic E-state index is 0. The molecule has 0 aromatic heterocycles. The summed E-state index contributed by atoms with van der Waals surface area (Å²) in [7, 11) is 0. The van der Waals surface area contributed by atoms with Crippen LogP contribution in [-0.4, -0.2) is 51.8 Å². The molecule has 154 valence electrons. The number of carboxylic acid groups (broad SMARTS) is 1. The monoisotopic (exact) mass is 426 g/mol. The van der Waals surface area contributed by atoms with Crippen LogP contribution in [-0.2, 0) is 14.4 Å². The van der Waals surface area contributed by atoms with Gasteiger partial charge in [-0.3, -0.25) is 9.59 Å². The summed E-state index contributed by atoms with van der Waals surface area (Å²) in [4.78, 5) is 32.1. The third kappa shape index (κ3) is 5.94. The van der Waals surface area contributed by atoms with Crippen molar-refractivity contribution >= 4 is 18.8 Å². The van der Waals surface area contributed by atoms with Gasteiger partial charge in [0.2, 0.25) is 12.8 Å². The Bertz CT molecular complexity index is 908. The van der Waals surface area contributed by atoms with Crippen LogP contribution in [0.25, 0.3) is 11.1 Å². The van der Waals surface area contributed by atoms with E-state index >= 15 is 0 Å². The van der Waals surface area contributed by atoms with E-state index in [1.165, 1.54) is 36.4 Å². The van der Waals surface area contributed by atoms with Crippen molar-refractivity contribution in [1.29, 1.82) is 0 Å². The third-order valence-electron chi connectivity index (χ3n) is 4.27. The molecule has 11 heteroatoms. The summed E-state index contributed by atoms with van der Waals surface area (Å²) in [5.41, 5.74) is 0.481. The number of aliphatic carboxylic acids is 1. The molecule has 10 nitrogen and oxygen atoms in total. The van der Waals surface area contributed by atoms with E-state index in [2.05, 4.69) is 5.32 Å². The van der Waals surface area contributed by atoms with Gasteiger partial charge in [-0.05, 0) is 35.4 Å². The molecule has 0 aliphatic rings. The maximum absolute atomic E-state index is 11.1. The van der Waals surface area contributed by atoms with Crippen LogP contribution >= 0.6 is 0 Å². The van der Waals surface area contributed by atoms with E-state index < -0.39 is 24.2 Å². The van der Waals surface area contributed by atoms with E-state index in [4.69, 9.17) is 0 Å². The van der Waals surface area contributed by atoms with Crippen LogP contribution in [0.5, 0.6) is 11.5 Å². The number of carboxylic acids is 1. The van der Waals surface area contributed by atoms with Gasteiger partial charge in [0.25, 0.3) is 0 Å². The molecule has 3 unspecified atom stereocenters. The van der Waals surface area contributed by atoms with Crippen molar-refractivity contribution in [3.05, 3.63) is 47.5 Å². The van der Waals surface area contributed by atoms with Crippen LogP contribution in [0.15, 0.2) is 36.4 Å². The Morgan fingerprint density at radius 1 is 0.967 bits per heavy atom. The average Bonchev–Trinajstić information content (AvgIpc) is 2.70. The third-order valence-corrected chi connectivity index (χ3v) is 4.27. The second-order valence-corrected chi connectivity index (χ2v) is 6.12. The molecule has 2 aromatic rings. The summed E-state index contributed by atoms with van der Waals surface area (Å²) in [6.45, 7) is -0.0803. The van der Waals surface area contributed by atoms with Crippen molar-refractivity contribution in [2.75, 3.05) is 6.54 Å². The Morgan fingerprint density at radius 2 is 1.50 bits per heavy atom. The van der Waals surface area contributed by atoms with Crippen LogP contribution < -0.4 is 45.3 Å². The number of phenolic OH excluding ortho intramolecular Hbond substituents is 2. The van der Waals surface area contributed by atoms with Gasteiger partial charge >= 0.3 is 29.6 Å². The number of carbonyl (C=O) groups is 3. The number of amides is 2. The number of phenols is 2.